The fraction of sp³-hybridized carbons (Fsp3) is 0.414. The summed E-state index contributed by atoms with van der Waals surface area (Å²) in [5, 5.41) is 0. The van der Waals surface area contributed by atoms with Gasteiger partial charge in [-0.2, -0.15) is 0 Å². The monoisotopic (exact) mass is 497 g/mol. The predicted molar refractivity (Wildman–Crippen MR) is 145 cm³/mol. The van der Waals surface area contributed by atoms with Gasteiger partial charge in [-0.05, 0) is 48.2 Å². The molecule has 0 amide bonds. The minimum absolute atomic E-state index is 0.441. The van der Waals surface area contributed by atoms with Crippen LogP contribution in [-0.4, -0.2) is 71.1 Å². The van der Waals surface area contributed by atoms with Crippen molar-refractivity contribution in [2.24, 2.45) is 0 Å². The maximum absolute atomic E-state index is 5.70. The van der Waals surface area contributed by atoms with E-state index in [9.17, 15) is 0 Å². The van der Waals surface area contributed by atoms with Crippen LogP contribution in [0.25, 0.3) is 18.2 Å². The lowest BCUT2D eigenvalue weighted by atomic mass is 10.1. The molecule has 7 heteroatoms. The number of aryl methyl sites for hydroxylation is 1. The Balaban J connectivity index is 1.37. The molecule has 0 fully saturated rings. The summed E-state index contributed by atoms with van der Waals surface area (Å²) in [6.45, 7) is 16.5. The Kier molecular flexibility index (Phi) is 14.9. The second-order valence-electron chi connectivity index (χ2n) is 7.72. The molecule has 0 spiro atoms. The first-order chi connectivity index (χ1) is 17.7. The highest BCUT2D eigenvalue weighted by Crippen LogP contribution is 2.20. The fourth-order valence-corrected chi connectivity index (χ4v) is 3.15. The summed E-state index contributed by atoms with van der Waals surface area (Å²) in [5.41, 5.74) is 4.24. The smallest absolute Gasteiger partial charge is 0.213 e. The van der Waals surface area contributed by atoms with E-state index >= 15 is 0 Å². The van der Waals surface area contributed by atoms with Crippen LogP contribution in [0.3, 0.4) is 0 Å². The van der Waals surface area contributed by atoms with Crippen molar-refractivity contribution in [2.45, 2.75) is 13.8 Å². The van der Waals surface area contributed by atoms with Crippen LogP contribution in [0.5, 0.6) is 11.6 Å². The van der Waals surface area contributed by atoms with Crippen molar-refractivity contribution < 1.29 is 28.4 Å². The Morgan fingerprint density at radius 1 is 0.694 bits per heavy atom. The molecule has 2 aromatic rings. The summed E-state index contributed by atoms with van der Waals surface area (Å²) in [6.07, 6.45) is 9.43. The third-order valence-corrected chi connectivity index (χ3v) is 5.05. The number of pyridine rings is 1. The topological polar surface area (TPSA) is 68.3 Å². The molecular weight excluding hydrogens is 458 g/mol. The summed E-state index contributed by atoms with van der Waals surface area (Å²) in [4.78, 5) is 4.28. The van der Waals surface area contributed by atoms with Crippen molar-refractivity contribution in [3.05, 3.63) is 72.0 Å². The van der Waals surface area contributed by atoms with Gasteiger partial charge in [-0.25, -0.2) is 4.98 Å². The summed E-state index contributed by atoms with van der Waals surface area (Å²) in [5.74, 6) is 1.38. The average molecular weight is 498 g/mol. The lowest BCUT2D eigenvalue weighted by Crippen LogP contribution is -2.14. The van der Waals surface area contributed by atoms with E-state index in [1.807, 2.05) is 56.5 Å². The molecule has 0 unspecified atom stereocenters. The molecule has 0 saturated heterocycles. The Bertz CT molecular complexity index is 943. The molecule has 0 bridgehead atoms. The van der Waals surface area contributed by atoms with Crippen molar-refractivity contribution in [1.29, 1.82) is 0 Å². The van der Waals surface area contributed by atoms with Crippen LogP contribution < -0.4 is 9.47 Å². The second kappa shape index (κ2) is 18.3. The first-order valence-electron chi connectivity index (χ1n) is 12.2. The van der Waals surface area contributed by atoms with Gasteiger partial charge < -0.3 is 28.4 Å². The normalized spacial score (nSPS) is 11.1. The van der Waals surface area contributed by atoms with Crippen molar-refractivity contribution in [2.75, 3.05) is 66.1 Å². The van der Waals surface area contributed by atoms with Gasteiger partial charge in [0, 0.05) is 12.3 Å². The minimum atomic E-state index is 0.441. The number of rotatable bonds is 20. The van der Waals surface area contributed by atoms with Crippen LogP contribution in [0.15, 0.2) is 49.7 Å². The molecule has 0 radical (unpaired) electrons. The molecule has 7 nitrogen and oxygen atoms in total. The van der Waals surface area contributed by atoms with Crippen molar-refractivity contribution >= 4 is 18.2 Å². The predicted octanol–water partition coefficient (Wildman–Crippen LogP) is 5.23. The molecule has 0 aliphatic rings. The molecular formula is C29H39NO6. The van der Waals surface area contributed by atoms with E-state index in [0.29, 0.717) is 71.9 Å². The molecule has 0 N–H and O–H groups in total. The summed E-state index contributed by atoms with van der Waals surface area (Å²) >= 11 is 0. The zero-order valence-corrected chi connectivity index (χ0v) is 21.6. The van der Waals surface area contributed by atoms with Gasteiger partial charge >= 0.3 is 0 Å². The highest BCUT2D eigenvalue weighted by atomic mass is 16.6. The molecule has 36 heavy (non-hydrogen) atoms. The highest BCUT2D eigenvalue weighted by molar-refractivity contribution is 5.65. The molecule has 0 aliphatic carbocycles. The van der Waals surface area contributed by atoms with Gasteiger partial charge in [0.05, 0.1) is 52.9 Å². The minimum Gasteiger partial charge on any atom is -0.491 e. The number of ether oxygens (including phenoxy) is 6. The number of benzene rings is 1. The standard InChI is InChI=1S/C29H39NO6/c1-5-8-27-22-29(30-23-24(27)4)36-20-18-34-16-14-32-12-11-31-13-15-33-17-19-35-28-10-9-25(6-2)26(7-3)21-28/h5-10,21-23H,2-3,11-20H2,1,4H3/b8-5-. The molecule has 1 aromatic heterocycles. The third-order valence-electron chi connectivity index (χ3n) is 5.05. The van der Waals surface area contributed by atoms with E-state index in [4.69, 9.17) is 28.4 Å². The summed E-state index contributed by atoms with van der Waals surface area (Å²) in [7, 11) is 0. The van der Waals surface area contributed by atoms with Gasteiger partial charge in [0.15, 0.2) is 0 Å². The number of hydrogen-bond acceptors (Lipinski definition) is 7. The first-order valence-corrected chi connectivity index (χ1v) is 12.2. The Hall–Kier alpha value is -2.97. The molecule has 2 rings (SSSR count). The van der Waals surface area contributed by atoms with Gasteiger partial charge in [0.1, 0.15) is 19.0 Å². The second-order valence-corrected chi connectivity index (χ2v) is 7.72. The van der Waals surface area contributed by atoms with Gasteiger partial charge in [0.2, 0.25) is 5.88 Å². The van der Waals surface area contributed by atoms with Gasteiger partial charge in [-0.15, -0.1) is 0 Å². The van der Waals surface area contributed by atoms with Crippen LogP contribution in [0.1, 0.15) is 29.2 Å². The van der Waals surface area contributed by atoms with E-state index in [2.05, 4.69) is 18.1 Å². The zero-order chi connectivity index (χ0) is 25.8. The lowest BCUT2D eigenvalue weighted by Gasteiger charge is -2.10. The van der Waals surface area contributed by atoms with Gasteiger partial charge in [0.25, 0.3) is 0 Å². The van der Waals surface area contributed by atoms with E-state index in [1.165, 1.54) is 0 Å². The van der Waals surface area contributed by atoms with E-state index in [1.54, 1.807) is 12.2 Å². The van der Waals surface area contributed by atoms with Crippen LogP contribution in [0.4, 0.5) is 0 Å². The molecule has 1 heterocycles. The van der Waals surface area contributed by atoms with E-state index in [0.717, 1.165) is 28.0 Å². The fourth-order valence-electron chi connectivity index (χ4n) is 3.15. The third kappa shape index (κ3) is 11.6. The molecule has 0 atom stereocenters. The summed E-state index contributed by atoms with van der Waals surface area (Å²) in [6, 6.07) is 7.74. The van der Waals surface area contributed by atoms with Crippen molar-refractivity contribution in [3.63, 3.8) is 0 Å². The van der Waals surface area contributed by atoms with Gasteiger partial charge in [-0.1, -0.05) is 43.5 Å². The largest absolute Gasteiger partial charge is 0.491 e. The SMILES string of the molecule is C=Cc1ccc(OCCOCCOCCOCCOCCOc2cc(/C=C\C)c(C)cn2)cc1C=C. The maximum atomic E-state index is 5.70. The molecule has 0 aliphatic heterocycles. The number of nitrogens with zero attached hydrogens (tertiary/aromatic N) is 1. The molecule has 196 valence electrons. The average Bonchev–Trinajstić information content (AvgIpc) is 2.90. The van der Waals surface area contributed by atoms with Crippen LogP contribution in [-0.2, 0) is 18.9 Å². The number of hydrogen-bond donors (Lipinski definition) is 0. The number of allylic oxidation sites excluding steroid dienone is 1. The highest BCUT2D eigenvalue weighted by Gasteiger charge is 2.01. The van der Waals surface area contributed by atoms with Crippen LogP contribution >= 0.6 is 0 Å². The van der Waals surface area contributed by atoms with E-state index in [-0.39, 0.29) is 0 Å². The van der Waals surface area contributed by atoms with Crippen LogP contribution in [0.2, 0.25) is 0 Å². The van der Waals surface area contributed by atoms with E-state index < -0.39 is 0 Å². The number of aromatic nitrogens is 1. The zero-order valence-electron chi connectivity index (χ0n) is 21.6. The quantitative estimate of drug-likeness (QED) is 0.232. The molecule has 1 aromatic carbocycles. The lowest BCUT2D eigenvalue weighted by molar-refractivity contribution is -0.00710. The Morgan fingerprint density at radius 2 is 1.25 bits per heavy atom. The van der Waals surface area contributed by atoms with Crippen molar-refractivity contribution in [3.8, 4) is 11.6 Å². The first kappa shape index (κ1) is 29.3. The van der Waals surface area contributed by atoms with Crippen molar-refractivity contribution in [1.82, 2.24) is 4.98 Å². The Labute approximate surface area is 215 Å². The molecule has 0 saturated carbocycles. The van der Waals surface area contributed by atoms with Gasteiger partial charge in [-0.3, -0.25) is 0 Å². The Morgan fingerprint density at radius 3 is 1.81 bits per heavy atom. The van der Waals surface area contributed by atoms with Crippen LogP contribution in [0, 0.1) is 6.92 Å². The maximum Gasteiger partial charge on any atom is 0.213 e. The summed E-state index contributed by atoms with van der Waals surface area (Å²) < 4.78 is 33.4.